The summed E-state index contributed by atoms with van der Waals surface area (Å²) in [7, 11) is 0. The van der Waals surface area contributed by atoms with Crippen molar-refractivity contribution in [2.45, 2.75) is 89.0 Å². The molecule has 0 aliphatic carbocycles. The molecular formula is C25H44N8O7. The van der Waals surface area contributed by atoms with Crippen molar-refractivity contribution >= 4 is 35.6 Å². The molecule has 4 amide bonds. The summed E-state index contributed by atoms with van der Waals surface area (Å²) >= 11 is 0. The van der Waals surface area contributed by atoms with Crippen LogP contribution in [0.25, 0.3) is 0 Å². The van der Waals surface area contributed by atoms with E-state index in [0.717, 1.165) is 0 Å². The number of hydrogen-bond donors (Lipinski definition) is 7. The zero-order valence-corrected chi connectivity index (χ0v) is 23.3. The van der Waals surface area contributed by atoms with Crippen molar-refractivity contribution in [3.8, 4) is 0 Å². The molecule has 0 radical (unpaired) electrons. The normalized spacial score (nSPS) is 21.0. The molecule has 2 aliphatic heterocycles. The number of carboxylic acids is 1. The van der Waals surface area contributed by atoms with E-state index in [2.05, 4.69) is 15.6 Å². The highest BCUT2D eigenvalue weighted by Gasteiger charge is 2.43. The van der Waals surface area contributed by atoms with Gasteiger partial charge in [-0.1, -0.05) is 13.8 Å². The summed E-state index contributed by atoms with van der Waals surface area (Å²) in [4.78, 5) is 70.6. The fraction of sp³-hybridized carbons (Fsp3) is 0.760. The van der Waals surface area contributed by atoms with Gasteiger partial charge >= 0.3 is 5.97 Å². The van der Waals surface area contributed by atoms with Crippen LogP contribution in [-0.2, 0) is 24.0 Å². The summed E-state index contributed by atoms with van der Waals surface area (Å²) < 4.78 is 0. The fourth-order valence-corrected chi connectivity index (χ4v) is 5.10. The van der Waals surface area contributed by atoms with Crippen molar-refractivity contribution in [3.63, 3.8) is 0 Å². The number of hydrogen-bond acceptors (Lipinski definition) is 8. The summed E-state index contributed by atoms with van der Waals surface area (Å²) in [6.07, 6.45) is 2.78. The first-order valence-corrected chi connectivity index (χ1v) is 13.7. The lowest BCUT2D eigenvalue weighted by atomic mass is 10.0. The molecule has 0 saturated carbocycles. The molecule has 40 heavy (non-hydrogen) atoms. The van der Waals surface area contributed by atoms with Crippen molar-refractivity contribution in [1.29, 1.82) is 0 Å². The van der Waals surface area contributed by atoms with Crippen LogP contribution in [-0.4, -0.2) is 112 Å². The predicted octanol–water partition coefficient (Wildman–Crippen LogP) is -2.56. The van der Waals surface area contributed by atoms with Crippen molar-refractivity contribution in [2.75, 3.05) is 26.2 Å². The number of aliphatic hydroxyl groups is 1. The average molecular weight is 569 g/mol. The molecule has 0 bridgehead atoms. The van der Waals surface area contributed by atoms with Crippen LogP contribution in [0.4, 0.5) is 0 Å². The van der Waals surface area contributed by atoms with E-state index >= 15 is 0 Å². The number of nitrogens with two attached hydrogens (primary N) is 3. The molecule has 10 N–H and O–H groups in total. The molecular weight excluding hydrogens is 524 g/mol. The van der Waals surface area contributed by atoms with Gasteiger partial charge in [0.15, 0.2) is 5.96 Å². The Bertz CT molecular complexity index is 955. The van der Waals surface area contributed by atoms with Crippen LogP contribution in [0.2, 0.25) is 0 Å². The predicted molar refractivity (Wildman–Crippen MR) is 145 cm³/mol. The minimum Gasteiger partial charge on any atom is -0.480 e. The quantitative estimate of drug-likeness (QED) is 0.0656. The Morgan fingerprint density at radius 2 is 1.60 bits per heavy atom. The van der Waals surface area contributed by atoms with Crippen LogP contribution in [0, 0.1) is 5.92 Å². The van der Waals surface area contributed by atoms with Gasteiger partial charge in [-0.15, -0.1) is 0 Å². The van der Waals surface area contributed by atoms with Crippen LogP contribution >= 0.6 is 0 Å². The van der Waals surface area contributed by atoms with Crippen LogP contribution in [0.15, 0.2) is 4.99 Å². The van der Waals surface area contributed by atoms with E-state index < -0.39 is 54.6 Å². The lowest BCUT2D eigenvalue weighted by Crippen LogP contribution is -2.58. The molecule has 0 aromatic heterocycles. The first-order valence-electron chi connectivity index (χ1n) is 13.7. The zero-order valence-electron chi connectivity index (χ0n) is 23.3. The second-order valence-corrected chi connectivity index (χ2v) is 10.7. The van der Waals surface area contributed by atoms with E-state index in [1.54, 1.807) is 0 Å². The Hall–Kier alpha value is -3.46. The van der Waals surface area contributed by atoms with Gasteiger partial charge in [-0.25, -0.2) is 4.79 Å². The molecule has 0 aromatic carbocycles. The highest BCUT2D eigenvalue weighted by atomic mass is 16.4. The monoisotopic (exact) mass is 568 g/mol. The summed E-state index contributed by atoms with van der Waals surface area (Å²) in [5, 5.41) is 24.0. The van der Waals surface area contributed by atoms with Gasteiger partial charge < -0.3 is 47.8 Å². The first kappa shape index (κ1) is 32.8. The average Bonchev–Trinajstić information content (AvgIpc) is 3.57. The number of carbonyl (C=O) groups excluding carboxylic acids is 4. The second kappa shape index (κ2) is 15.4. The number of carbonyl (C=O) groups is 5. The molecule has 0 unspecified atom stereocenters. The third-order valence-electron chi connectivity index (χ3n) is 7.08. The molecule has 5 atom stereocenters. The van der Waals surface area contributed by atoms with E-state index in [4.69, 9.17) is 17.2 Å². The number of aliphatic carboxylic acids is 1. The number of amides is 4. The van der Waals surface area contributed by atoms with Gasteiger partial charge in [-0.2, -0.15) is 0 Å². The Morgan fingerprint density at radius 3 is 2.17 bits per heavy atom. The van der Waals surface area contributed by atoms with Crippen molar-refractivity contribution in [2.24, 2.45) is 28.1 Å². The van der Waals surface area contributed by atoms with Gasteiger partial charge in [-0.05, 0) is 50.9 Å². The van der Waals surface area contributed by atoms with Gasteiger partial charge in [0.2, 0.25) is 23.6 Å². The van der Waals surface area contributed by atoms with Gasteiger partial charge in [-0.3, -0.25) is 24.2 Å². The number of likely N-dealkylation sites (tertiary alicyclic amines) is 2. The number of aliphatic hydroxyl groups excluding tert-OH is 1. The standard InChI is InChI=1S/C25H44N8O7/c1-14(2)12-15(26)22(37)33-11-5-8-19(33)23(38)32-10-4-7-18(32)21(36)31-17(13-34)20(35)30-16(24(39)40)6-3-9-29-25(27)28/h14-19,34H,3-13,26H2,1-2H3,(H,30,35)(H,31,36)(H,39,40)(H4,27,28,29)/t15-,16-,17-,18-,19-/m0/s1. The number of carboxylic acid groups (broad SMARTS) is 1. The number of aliphatic imine (C=N–C) groups is 1. The number of rotatable bonds is 14. The van der Waals surface area contributed by atoms with E-state index in [0.29, 0.717) is 45.2 Å². The molecule has 0 aromatic rings. The molecule has 2 saturated heterocycles. The van der Waals surface area contributed by atoms with Gasteiger partial charge in [0.1, 0.15) is 24.2 Å². The third kappa shape index (κ3) is 9.05. The Morgan fingerprint density at radius 1 is 0.975 bits per heavy atom. The van der Waals surface area contributed by atoms with E-state index in [1.807, 2.05) is 13.8 Å². The van der Waals surface area contributed by atoms with E-state index in [1.165, 1.54) is 9.80 Å². The highest BCUT2D eigenvalue weighted by Crippen LogP contribution is 2.26. The van der Waals surface area contributed by atoms with Crippen molar-refractivity contribution < 1.29 is 34.2 Å². The summed E-state index contributed by atoms with van der Waals surface area (Å²) in [6.45, 7) is 4.03. The fourth-order valence-electron chi connectivity index (χ4n) is 5.10. The van der Waals surface area contributed by atoms with E-state index in [9.17, 15) is 34.2 Å². The van der Waals surface area contributed by atoms with Crippen LogP contribution in [0.1, 0.15) is 58.8 Å². The van der Waals surface area contributed by atoms with Gasteiger partial charge in [0.05, 0.1) is 12.6 Å². The maximum Gasteiger partial charge on any atom is 0.326 e. The lowest BCUT2D eigenvalue weighted by molar-refractivity contribution is -0.147. The van der Waals surface area contributed by atoms with Crippen LogP contribution in [0.3, 0.4) is 0 Å². The molecule has 0 spiro atoms. The van der Waals surface area contributed by atoms with Gasteiger partial charge in [0.25, 0.3) is 0 Å². The molecule has 2 rings (SSSR count). The number of nitrogens with zero attached hydrogens (tertiary/aromatic N) is 3. The Kier molecular flexibility index (Phi) is 12.6. The SMILES string of the molecule is CC(C)C[C@H](N)C(=O)N1CCC[C@H]1C(=O)N1CCC[C@H]1C(=O)N[C@@H](CO)C(=O)N[C@@H](CCCN=C(N)N)C(=O)O. The maximum atomic E-state index is 13.5. The van der Waals surface area contributed by atoms with Gasteiger partial charge in [0, 0.05) is 19.6 Å². The number of guanidine groups is 1. The maximum absolute atomic E-state index is 13.5. The highest BCUT2D eigenvalue weighted by molar-refractivity contribution is 5.96. The Balaban J connectivity index is 2.02. The summed E-state index contributed by atoms with van der Waals surface area (Å²) in [5.41, 5.74) is 16.6. The largest absolute Gasteiger partial charge is 0.480 e. The number of nitrogens with one attached hydrogen (secondary N) is 2. The second-order valence-electron chi connectivity index (χ2n) is 10.7. The Labute approximate surface area is 233 Å². The smallest absolute Gasteiger partial charge is 0.326 e. The van der Waals surface area contributed by atoms with Crippen molar-refractivity contribution in [3.05, 3.63) is 0 Å². The molecule has 15 heteroatoms. The topological polar surface area (TPSA) is 247 Å². The molecule has 15 nitrogen and oxygen atoms in total. The molecule has 226 valence electrons. The third-order valence-corrected chi connectivity index (χ3v) is 7.08. The van der Waals surface area contributed by atoms with E-state index in [-0.39, 0.29) is 43.1 Å². The summed E-state index contributed by atoms with van der Waals surface area (Å²) in [5.74, 6) is -3.38. The van der Waals surface area contributed by atoms with Crippen LogP contribution in [0.5, 0.6) is 0 Å². The minimum atomic E-state index is -1.43. The molecule has 2 fully saturated rings. The summed E-state index contributed by atoms with van der Waals surface area (Å²) in [6, 6.07) is -5.04. The minimum absolute atomic E-state index is 0.0201. The molecule has 2 heterocycles. The lowest BCUT2D eigenvalue weighted by Gasteiger charge is -2.32. The van der Waals surface area contributed by atoms with Crippen LogP contribution < -0.4 is 27.8 Å². The van der Waals surface area contributed by atoms with Crippen molar-refractivity contribution in [1.82, 2.24) is 20.4 Å². The zero-order chi connectivity index (χ0) is 30.0. The first-order chi connectivity index (χ1) is 18.9. The molecule has 2 aliphatic rings.